The van der Waals surface area contributed by atoms with Crippen LogP contribution in [0.2, 0.25) is 0 Å². The molecule has 2 aromatic rings. The summed E-state index contributed by atoms with van der Waals surface area (Å²) in [6.07, 6.45) is 1.73. The minimum atomic E-state index is -0.978. The third kappa shape index (κ3) is 2.05. The number of phenols is 1. The summed E-state index contributed by atoms with van der Waals surface area (Å²) in [7, 11) is 0. The topological polar surface area (TPSA) is 75.3 Å². The number of rotatable bonds is 2. The van der Waals surface area contributed by atoms with E-state index in [9.17, 15) is 15.0 Å². The minimum Gasteiger partial charge on any atom is -0.508 e. The standard InChI is InChI=1S/C15H16N2O3/c1-9-2-7-12-13(15(19)20)16-14(17(12)8-9)10-3-5-11(18)6-4-10/h3-6,9,18H,2,7-8H2,1H3,(H,19,20). The predicted molar refractivity (Wildman–Crippen MR) is 73.8 cm³/mol. The zero-order valence-corrected chi connectivity index (χ0v) is 11.2. The monoisotopic (exact) mass is 272 g/mol. The number of fused-ring (bicyclic) bond motifs is 1. The Kier molecular flexibility index (Phi) is 2.97. The SMILES string of the molecule is CC1CCc2c(C(=O)O)nc(-c3ccc(O)cc3)n2C1. The average molecular weight is 272 g/mol. The van der Waals surface area contributed by atoms with Crippen molar-refractivity contribution < 1.29 is 15.0 Å². The number of hydrogen-bond donors (Lipinski definition) is 2. The highest BCUT2D eigenvalue weighted by Crippen LogP contribution is 2.30. The number of hydrogen-bond acceptors (Lipinski definition) is 3. The van der Waals surface area contributed by atoms with Crippen molar-refractivity contribution in [3.05, 3.63) is 35.7 Å². The molecule has 2 N–H and O–H groups in total. The van der Waals surface area contributed by atoms with Gasteiger partial charge in [0.15, 0.2) is 5.69 Å². The first-order valence-corrected chi connectivity index (χ1v) is 6.68. The molecule has 1 aliphatic rings. The molecule has 1 atom stereocenters. The molecule has 1 aromatic carbocycles. The maximum Gasteiger partial charge on any atom is 0.356 e. The number of carbonyl (C=O) groups is 1. The zero-order chi connectivity index (χ0) is 14.3. The Morgan fingerprint density at radius 1 is 1.35 bits per heavy atom. The Morgan fingerprint density at radius 2 is 2.05 bits per heavy atom. The van der Waals surface area contributed by atoms with Gasteiger partial charge in [0.1, 0.15) is 11.6 Å². The van der Waals surface area contributed by atoms with Crippen molar-refractivity contribution in [3.8, 4) is 17.1 Å². The zero-order valence-electron chi connectivity index (χ0n) is 11.2. The smallest absolute Gasteiger partial charge is 0.356 e. The molecule has 0 amide bonds. The highest BCUT2D eigenvalue weighted by molar-refractivity contribution is 5.88. The molecule has 20 heavy (non-hydrogen) atoms. The summed E-state index contributed by atoms with van der Waals surface area (Å²) in [5, 5.41) is 18.7. The Morgan fingerprint density at radius 3 is 2.70 bits per heavy atom. The second-order valence-electron chi connectivity index (χ2n) is 5.34. The van der Waals surface area contributed by atoms with Gasteiger partial charge in [-0.3, -0.25) is 0 Å². The molecular weight excluding hydrogens is 256 g/mol. The van der Waals surface area contributed by atoms with Crippen LogP contribution in [0.1, 0.15) is 29.5 Å². The molecule has 0 saturated heterocycles. The maximum absolute atomic E-state index is 11.3. The van der Waals surface area contributed by atoms with Crippen molar-refractivity contribution in [1.29, 1.82) is 0 Å². The fourth-order valence-electron chi connectivity index (χ4n) is 2.72. The van der Waals surface area contributed by atoms with E-state index >= 15 is 0 Å². The lowest BCUT2D eigenvalue weighted by Crippen LogP contribution is -2.19. The van der Waals surface area contributed by atoms with Crippen LogP contribution in [0.4, 0.5) is 0 Å². The lowest BCUT2D eigenvalue weighted by Gasteiger charge is -2.22. The van der Waals surface area contributed by atoms with E-state index in [1.165, 1.54) is 0 Å². The number of carboxylic acids is 1. The van der Waals surface area contributed by atoms with E-state index in [1.54, 1.807) is 24.3 Å². The first-order valence-electron chi connectivity index (χ1n) is 6.68. The van der Waals surface area contributed by atoms with Crippen LogP contribution in [-0.2, 0) is 13.0 Å². The van der Waals surface area contributed by atoms with Gasteiger partial charge in [-0.05, 0) is 43.0 Å². The molecule has 5 heteroatoms. The molecular formula is C15H16N2O3. The van der Waals surface area contributed by atoms with Crippen LogP contribution in [0.3, 0.4) is 0 Å². The summed E-state index contributed by atoms with van der Waals surface area (Å²) in [6.45, 7) is 2.94. The van der Waals surface area contributed by atoms with Gasteiger partial charge >= 0.3 is 5.97 Å². The third-order valence-corrected chi connectivity index (χ3v) is 3.77. The van der Waals surface area contributed by atoms with Crippen LogP contribution in [0.5, 0.6) is 5.75 Å². The van der Waals surface area contributed by atoms with Crippen LogP contribution >= 0.6 is 0 Å². The summed E-state index contributed by atoms with van der Waals surface area (Å²) in [5.41, 5.74) is 1.78. The number of benzene rings is 1. The van der Waals surface area contributed by atoms with Crippen LogP contribution in [0.25, 0.3) is 11.4 Å². The number of aromatic carboxylic acids is 1. The van der Waals surface area contributed by atoms with Gasteiger partial charge in [-0.15, -0.1) is 0 Å². The van der Waals surface area contributed by atoms with Crippen molar-refractivity contribution >= 4 is 5.97 Å². The lowest BCUT2D eigenvalue weighted by molar-refractivity contribution is 0.0689. The third-order valence-electron chi connectivity index (χ3n) is 3.77. The van der Waals surface area contributed by atoms with Crippen LogP contribution in [0.15, 0.2) is 24.3 Å². The first kappa shape index (κ1) is 12.7. The molecule has 3 rings (SSSR count). The van der Waals surface area contributed by atoms with Crippen molar-refractivity contribution in [2.24, 2.45) is 5.92 Å². The molecule has 0 aliphatic carbocycles. The summed E-state index contributed by atoms with van der Waals surface area (Å²) in [6, 6.07) is 6.69. The molecule has 0 bridgehead atoms. The van der Waals surface area contributed by atoms with Crippen LogP contribution < -0.4 is 0 Å². The molecule has 0 radical (unpaired) electrons. The Balaban J connectivity index is 2.15. The van der Waals surface area contributed by atoms with E-state index in [0.717, 1.165) is 30.6 Å². The fraction of sp³-hybridized carbons (Fsp3) is 0.333. The number of carboxylic acid groups (broad SMARTS) is 1. The summed E-state index contributed by atoms with van der Waals surface area (Å²) in [4.78, 5) is 15.6. The highest BCUT2D eigenvalue weighted by Gasteiger charge is 2.26. The summed E-state index contributed by atoms with van der Waals surface area (Å²) in [5.74, 6) is 0.387. The molecule has 1 unspecified atom stereocenters. The van der Waals surface area contributed by atoms with Crippen LogP contribution in [0, 0.1) is 5.92 Å². The maximum atomic E-state index is 11.3. The van der Waals surface area contributed by atoms with Crippen LogP contribution in [-0.4, -0.2) is 25.7 Å². The quantitative estimate of drug-likeness (QED) is 0.881. The average Bonchev–Trinajstić information content (AvgIpc) is 2.78. The second kappa shape index (κ2) is 4.67. The molecule has 5 nitrogen and oxygen atoms in total. The number of aromatic nitrogens is 2. The first-order chi connectivity index (χ1) is 9.56. The van der Waals surface area contributed by atoms with Crippen molar-refractivity contribution in [3.63, 3.8) is 0 Å². The molecule has 1 aliphatic heterocycles. The molecule has 0 fully saturated rings. The van der Waals surface area contributed by atoms with Gasteiger partial charge in [-0.25, -0.2) is 9.78 Å². The van der Waals surface area contributed by atoms with E-state index in [-0.39, 0.29) is 11.4 Å². The molecule has 0 saturated carbocycles. The van der Waals surface area contributed by atoms with Crippen molar-refractivity contribution in [2.75, 3.05) is 0 Å². The summed E-state index contributed by atoms with van der Waals surface area (Å²) < 4.78 is 2.00. The van der Waals surface area contributed by atoms with E-state index in [2.05, 4.69) is 11.9 Å². The molecule has 1 aromatic heterocycles. The van der Waals surface area contributed by atoms with E-state index in [4.69, 9.17) is 0 Å². The molecule has 2 heterocycles. The van der Waals surface area contributed by atoms with Gasteiger partial charge in [0.2, 0.25) is 0 Å². The van der Waals surface area contributed by atoms with Gasteiger partial charge in [0.05, 0.1) is 5.69 Å². The Labute approximate surface area is 116 Å². The normalized spacial score (nSPS) is 17.8. The highest BCUT2D eigenvalue weighted by atomic mass is 16.4. The Hall–Kier alpha value is -2.30. The van der Waals surface area contributed by atoms with Gasteiger partial charge in [-0.2, -0.15) is 0 Å². The fourth-order valence-corrected chi connectivity index (χ4v) is 2.72. The predicted octanol–water partition coefficient (Wildman–Crippen LogP) is 2.54. The largest absolute Gasteiger partial charge is 0.508 e. The number of imidazole rings is 1. The molecule has 104 valence electrons. The number of aromatic hydroxyl groups is 1. The minimum absolute atomic E-state index is 0.153. The van der Waals surface area contributed by atoms with Crippen molar-refractivity contribution in [2.45, 2.75) is 26.3 Å². The van der Waals surface area contributed by atoms with Gasteiger partial charge in [0, 0.05) is 12.1 Å². The van der Waals surface area contributed by atoms with Gasteiger partial charge in [0.25, 0.3) is 0 Å². The summed E-state index contributed by atoms with van der Waals surface area (Å²) >= 11 is 0. The number of nitrogens with zero attached hydrogens (tertiary/aromatic N) is 2. The van der Waals surface area contributed by atoms with E-state index in [1.807, 2.05) is 4.57 Å². The van der Waals surface area contributed by atoms with Crippen molar-refractivity contribution in [1.82, 2.24) is 9.55 Å². The number of phenolic OH excluding ortho intramolecular Hbond substituents is 1. The second-order valence-corrected chi connectivity index (χ2v) is 5.34. The molecule has 0 spiro atoms. The lowest BCUT2D eigenvalue weighted by atomic mass is 9.99. The van der Waals surface area contributed by atoms with E-state index < -0.39 is 5.97 Å². The Bertz CT molecular complexity index is 659. The van der Waals surface area contributed by atoms with Gasteiger partial charge in [-0.1, -0.05) is 6.92 Å². The van der Waals surface area contributed by atoms with E-state index in [0.29, 0.717) is 11.7 Å². The van der Waals surface area contributed by atoms with Gasteiger partial charge < -0.3 is 14.8 Å².